The smallest absolute Gasteiger partial charge is 0.224 e. The van der Waals surface area contributed by atoms with Gasteiger partial charge in [0.15, 0.2) is 5.58 Å². The van der Waals surface area contributed by atoms with E-state index < -0.39 is 0 Å². The number of aromatic nitrogens is 1. The summed E-state index contributed by atoms with van der Waals surface area (Å²) in [4.78, 5) is 4.28. The van der Waals surface area contributed by atoms with E-state index in [2.05, 4.69) is 4.98 Å². The summed E-state index contributed by atoms with van der Waals surface area (Å²) in [5.74, 6) is 0.255. The van der Waals surface area contributed by atoms with Crippen molar-refractivity contribution in [1.29, 1.82) is 0 Å². The monoisotopic (exact) mass is 207 g/mol. The lowest BCUT2D eigenvalue weighted by Crippen LogP contribution is -1.94. The molecule has 0 amide bonds. The molecule has 1 saturated heterocycles. The van der Waals surface area contributed by atoms with Gasteiger partial charge in [0.2, 0.25) is 5.89 Å². The van der Waals surface area contributed by atoms with Crippen molar-refractivity contribution in [2.24, 2.45) is 0 Å². The fourth-order valence-electron chi connectivity index (χ4n) is 1.83. The third-order valence-corrected chi connectivity index (χ3v) is 2.57. The minimum atomic E-state index is -0.308. The average Bonchev–Trinajstić information content (AvgIpc) is 2.84. The summed E-state index contributed by atoms with van der Waals surface area (Å²) in [5.41, 5.74) is 1.17. The van der Waals surface area contributed by atoms with Crippen LogP contribution in [0.15, 0.2) is 22.6 Å². The van der Waals surface area contributed by atoms with Crippen LogP contribution in [0.2, 0.25) is 0 Å². The predicted molar refractivity (Wildman–Crippen MR) is 51.9 cm³/mol. The molecule has 1 aliphatic heterocycles. The molecule has 2 aromatic rings. The third kappa shape index (κ3) is 1.51. The summed E-state index contributed by atoms with van der Waals surface area (Å²) >= 11 is 0. The van der Waals surface area contributed by atoms with Gasteiger partial charge in [-0.05, 0) is 25.0 Å². The molecule has 0 saturated carbocycles. The van der Waals surface area contributed by atoms with Gasteiger partial charge in [-0.3, -0.25) is 0 Å². The van der Waals surface area contributed by atoms with Crippen LogP contribution in [-0.4, -0.2) is 11.6 Å². The van der Waals surface area contributed by atoms with Crippen molar-refractivity contribution in [3.8, 4) is 0 Å². The first-order valence-corrected chi connectivity index (χ1v) is 5.00. The second kappa shape index (κ2) is 3.31. The number of fused-ring (bicyclic) bond motifs is 1. The molecule has 0 radical (unpaired) electrons. The average molecular weight is 207 g/mol. The maximum atomic E-state index is 12.9. The topological polar surface area (TPSA) is 35.3 Å². The molecule has 1 aromatic carbocycles. The Morgan fingerprint density at radius 3 is 3.13 bits per heavy atom. The molecular weight excluding hydrogens is 197 g/mol. The molecule has 2 heterocycles. The van der Waals surface area contributed by atoms with Gasteiger partial charge in [-0.1, -0.05) is 0 Å². The lowest BCUT2D eigenvalue weighted by molar-refractivity contribution is 0.0907. The van der Waals surface area contributed by atoms with Crippen molar-refractivity contribution in [1.82, 2.24) is 4.98 Å². The number of benzene rings is 1. The molecule has 3 nitrogen and oxygen atoms in total. The number of nitrogens with zero attached hydrogens (tertiary/aromatic N) is 1. The molecule has 1 fully saturated rings. The lowest BCUT2D eigenvalue weighted by atomic mass is 10.2. The van der Waals surface area contributed by atoms with Crippen LogP contribution in [0, 0.1) is 5.82 Å². The first-order valence-electron chi connectivity index (χ1n) is 5.00. The van der Waals surface area contributed by atoms with E-state index in [1.54, 1.807) is 6.07 Å². The van der Waals surface area contributed by atoms with E-state index >= 15 is 0 Å². The van der Waals surface area contributed by atoms with Crippen molar-refractivity contribution in [3.05, 3.63) is 29.9 Å². The van der Waals surface area contributed by atoms with Crippen molar-refractivity contribution in [2.45, 2.75) is 18.9 Å². The zero-order valence-electron chi connectivity index (χ0n) is 8.07. The molecule has 0 N–H and O–H groups in total. The number of rotatable bonds is 1. The molecule has 0 spiro atoms. The molecule has 1 aliphatic rings. The highest BCUT2D eigenvalue weighted by Gasteiger charge is 2.23. The third-order valence-electron chi connectivity index (χ3n) is 2.57. The quantitative estimate of drug-likeness (QED) is 0.721. The highest BCUT2D eigenvalue weighted by atomic mass is 19.1. The van der Waals surface area contributed by atoms with E-state index in [1.165, 1.54) is 12.1 Å². The van der Waals surface area contributed by atoms with Gasteiger partial charge in [-0.25, -0.2) is 9.37 Å². The van der Waals surface area contributed by atoms with Crippen LogP contribution in [-0.2, 0) is 4.74 Å². The lowest BCUT2D eigenvalue weighted by Gasteiger charge is -2.01. The van der Waals surface area contributed by atoms with Crippen LogP contribution in [0.25, 0.3) is 11.1 Å². The Morgan fingerprint density at radius 1 is 1.40 bits per heavy atom. The standard InChI is InChI=1S/C11H10FNO2/c12-7-3-4-8-10(6-7)15-11(13-8)9-2-1-5-14-9/h3-4,6,9H,1-2,5H2. The minimum Gasteiger partial charge on any atom is -0.438 e. The largest absolute Gasteiger partial charge is 0.438 e. The van der Waals surface area contributed by atoms with Gasteiger partial charge >= 0.3 is 0 Å². The minimum absolute atomic E-state index is 0.0551. The zero-order chi connectivity index (χ0) is 10.3. The van der Waals surface area contributed by atoms with Crippen molar-refractivity contribution in [3.63, 3.8) is 0 Å². The number of halogens is 1. The van der Waals surface area contributed by atoms with E-state index in [4.69, 9.17) is 9.15 Å². The summed E-state index contributed by atoms with van der Waals surface area (Å²) in [6.07, 6.45) is 1.90. The summed E-state index contributed by atoms with van der Waals surface area (Å²) in [7, 11) is 0. The number of hydrogen-bond donors (Lipinski definition) is 0. The van der Waals surface area contributed by atoms with Gasteiger partial charge in [-0.2, -0.15) is 0 Å². The Kier molecular flexibility index (Phi) is 1.95. The molecule has 1 atom stereocenters. The highest BCUT2D eigenvalue weighted by Crippen LogP contribution is 2.30. The van der Waals surface area contributed by atoms with Crippen LogP contribution < -0.4 is 0 Å². The van der Waals surface area contributed by atoms with E-state index in [0.29, 0.717) is 17.0 Å². The summed E-state index contributed by atoms with van der Waals surface area (Å²) < 4.78 is 23.8. The fourth-order valence-corrected chi connectivity index (χ4v) is 1.83. The van der Waals surface area contributed by atoms with Crippen LogP contribution >= 0.6 is 0 Å². The second-order valence-corrected chi connectivity index (χ2v) is 3.67. The Hall–Kier alpha value is -1.42. The Bertz CT molecular complexity index is 488. The fraction of sp³-hybridized carbons (Fsp3) is 0.364. The van der Waals surface area contributed by atoms with Gasteiger partial charge in [0.05, 0.1) is 0 Å². The number of ether oxygens (including phenoxy) is 1. The summed E-state index contributed by atoms with van der Waals surface area (Å²) in [6, 6.07) is 4.34. The van der Waals surface area contributed by atoms with Crippen molar-refractivity contribution < 1.29 is 13.5 Å². The first kappa shape index (κ1) is 8.85. The molecule has 0 aliphatic carbocycles. The van der Waals surface area contributed by atoms with Gasteiger partial charge < -0.3 is 9.15 Å². The van der Waals surface area contributed by atoms with Gasteiger partial charge in [0.25, 0.3) is 0 Å². The molecule has 3 rings (SSSR count). The molecule has 15 heavy (non-hydrogen) atoms. The van der Waals surface area contributed by atoms with E-state index in [9.17, 15) is 4.39 Å². The van der Waals surface area contributed by atoms with Crippen LogP contribution in [0.4, 0.5) is 4.39 Å². The zero-order valence-corrected chi connectivity index (χ0v) is 8.07. The normalized spacial score (nSPS) is 21.3. The molecular formula is C11H10FNO2. The Morgan fingerprint density at radius 2 is 2.33 bits per heavy atom. The van der Waals surface area contributed by atoms with E-state index in [0.717, 1.165) is 19.4 Å². The van der Waals surface area contributed by atoms with Crippen LogP contribution in [0.5, 0.6) is 0 Å². The van der Waals surface area contributed by atoms with E-state index in [1.807, 2.05) is 0 Å². The summed E-state index contributed by atoms with van der Waals surface area (Å²) in [6.45, 7) is 0.748. The molecule has 0 bridgehead atoms. The second-order valence-electron chi connectivity index (χ2n) is 3.67. The first-order chi connectivity index (χ1) is 7.33. The van der Waals surface area contributed by atoms with E-state index in [-0.39, 0.29) is 11.9 Å². The molecule has 1 unspecified atom stereocenters. The molecule has 78 valence electrons. The SMILES string of the molecule is Fc1ccc2nc(C3CCCO3)oc2c1. The highest BCUT2D eigenvalue weighted by molar-refractivity contribution is 5.72. The van der Waals surface area contributed by atoms with Crippen LogP contribution in [0.3, 0.4) is 0 Å². The van der Waals surface area contributed by atoms with Crippen molar-refractivity contribution >= 4 is 11.1 Å². The van der Waals surface area contributed by atoms with Gasteiger partial charge in [-0.15, -0.1) is 0 Å². The number of hydrogen-bond acceptors (Lipinski definition) is 3. The van der Waals surface area contributed by atoms with Gasteiger partial charge in [0, 0.05) is 12.7 Å². The number of oxazole rings is 1. The predicted octanol–water partition coefficient (Wildman–Crippen LogP) is 2.82. The van der Waals surface area contributed by atoms with Crippen LogP contribution in [0.1, 0.15) is 24.8 Å². The Labute approximate surface area is 85.9 Å². The molecule has 4 heteroatoms. The maximum absolute atomic E-state index is 12.9. The summed E-state index contributed by atoms with van der Waals surface area (Å²) in [5, 5.41) is 0. The van der Waals surface area contributed by atoms with Gasteiger partial charge in [0.1, 0.15) is 17.4 Å². The molecule has 1 aromatic heterocycles. The maximum Gasteiger partial charge on any atom is 0.224 e. The Balaban J connectivity index is 2.05. The van der Waals surface area contributed by atoms with Crippen molar-refractivity contribution in [2.75, 3.05) is 6.61 Å².